The molecule has 20 heavy (non-hydrogen) atoms. The number of nitro groups is 1. The van der Waals surface area contributed by atoms with E-state index < -0.39 is 4.92 Å². The molecule has 6 heteroatoms. The van der Waals surface area contributed by atoms with E-state index >= 15 is 0 Å². The van der Waals surface area contributed by atoms with Gasteiger partial charge in [0.2, 0.25) is 5.88 Å². The zero-order valence-electron chi connectivity index (χ0n) is 10.3. The van der Waals surface area contributed by atoms with Crippen molar-refractivity contribution in [3.05, 3.63) is 65.0 Å². The number of hydrogen-bond donors (Lipinski definition) is 0. The smallest absolute Gasteiger partial charge is 0.269 e. The third-order valence-electron chi connectivity index (χ3n) is 2.77. The fourth-order valence-corrected chi connectivity index (χ4v) is 1.81. The van der Waals surface area contributed by atoms with Crippen molar-refractivity contribution in [2.45, 2.75) is 0 Å². The van der Waals surface area contributed by atoms with Gasteiger partial charge in [-0.05, 0) is 24.3 Å². The number of para-hydroxylation sites is 1. The van der Waals surface area contributed by atoms with Crippen molar-refractivity contribution in [3.8, 4) is 11.6 Å². The normalized spacial score (nSPS) is 10.4. The van der Waals surface area contributed by atoms with E-state index in [2.05, 4.69) is 9.97 Å². The summed E-state index contributed by atoms with van der Waals surface area (Å²) in [6.07, 6.45) is 1.42. The van der Waals surface area contributed by atoms with Crippen molar-refractivity contribution in [2.75, 3.05) is 0 Å². The lowest BCUT2D eigenvalue weighted by molar-refractivity contribution is -0.384. The van der Waals surface area contributed by atoms with E-state index in [4.69, 9.17) is 4.74 Å². The highest BCUT2D eigenvalue weighted by Gasteiger charge is 2.08. The van der Waals surface area contributed by atoms with Gasteiger partial charge in [-0.1, -0.05) is 12.1 Å². The van der Waals surface area contributed by atoms with Crippen molar-refractivity contribution in [1.29, 1.82) is 0 Å². The quantitative estimate of drug-likeness (QED) is 0.537. The molecule has 0 amide bonds. The van der Waals surface area contributed by atoms with Gasteiger partial charge in [0.05, 0.1) is 15.8 Å². The summed E-state index contributed by atoms with van der Waals surface area (Å²) in [6.45, 7) is 0. The number of non-ortho nitro benzene ring substituents is 1. The predicted molar refractivity (Wildman–Crippen MR) is 72.7 cm³/mol. The first-order chi connectivity index (χ1) is 9.74. The van der Waals surface area contributed by atoms with E-state index in [0.717, 1.165) is 10.9 Å². The first kappa shape index (κ1) is 12.0. The van der Waals surface area contributed by atoms with Crippen LogP contribution in [0.3, 0.4) is 0 Å². The summed E-state index contributed by atoms with van der Waals surface area (Å²) >= 11 is 0. The molecular weight excluding hydrogens is 258 g/mol. The Bertz CT molecular complexity index is 767. The molecule has 0 aliphatic rings. The van der Waals surface area contributed by atoms with Gasteiger partial charge in [-0.2, -0.15) is 0 Å². The molecule has 1 aromatic heterocycles. The lowest BCUT2D eigenvalue weighted by Gasteiger charge is -2.06. The summed E-state index contributed by atoms with van der Waals surface area (Å²) in [6, 6.07) is 13.3. The monoisotopic (exact) mass is 267 g/mol. The van der Waals surface area contributed by atoms with Crippen molar-refractivity contribution in [3.63, 3.8) is 0 Å². The van der Waals surface area contributed by atoms with Crippen molar-refractivity contribution >= 4 is 16.6 Å². The van der Waals surface area contributed by atoms with E-state index in [1.54, 1.807) is 0 Å². The maximum Gasteiger partial charge on any atom is 0.269 e. The van der Waals surface area contributed by atoms with Crippen LogP contribution in [0, 0.1) is 10.1 Å². The Balaban J connectivity index is 1.95. The average molecular weight is 267 g/mol. The number of fused-ring (bicyclic) bond motifs is 1. The molecular formula is C14H9N3O3. The van der Waals surface area contributed by atoms with Gasteiger partial charge in [0.1, 0.15) is 12.1 Å². The van der Waals surface area contributed by atoms with Crippen molar-refractivity contribution in [2.24, 2.45) is 0 Å². The molecule has 98 valence electrons. The molecule has 0 fully saturated rings. The van der Waals surface area contributed by atoms with E-state index in [0.29, 0.717) is 11.6 Å². The van der Waals surface area contributed by atoms with Crippen LogP contribution in [-0.2, 0) is 0 Å². The first-order valence-electron chi connectivity index (χ1n) is 5.86. The molecule has 1 heterocycles. The van der Waals surface area contributed by atoms with Crippen LogP contribution in [0.2, 0.25) is 0 Å². The number of aromatic nitrogens is 2. The summed E-state index contributed by atoms with van der Waals surface area (Å²) in [5.74, 6) is 0.906. The van der Waals surface area contributed by atoms with E-state index in [-0.39, 0.29) is 5.69 Å². The maximum absolute atomic E-state index is 10.6. The van der Waals surface area contributed by atoms with E-state index in [1.165, 1.54) is 30.6 Å². The molecule has 0 aliphatic heterocycles. The second-order valence-corrected chi connectivity index (χ2v) is 4.05. The summed E-state index contributed by atoms with van der Waals surface area (Å²) in [5.41, 5.74) is 0.796. The number of nitro benzene ring substituents is 1. The minimum atomic E-state index is -0.454. The molecule has 0 atom stereocenters. The predicted octanol–water partition coefficient (Wildman–Crippen LogP) is 3.33. The van der Waals surface area contributed by atoms with Crippen LogP contribution in [0.15, 0.2) is 54.9 Å². The number of nitrogens with zero attached hydrogens (tertiary/aromatic N) is 3. The highest BCUT2D eigenvalue weighted by Crippen LogP contribution is 2.27. The largest absolute Gasteiger partial charge is 0.438 e. The molecule has 6 nitrogen and oxygen atoms in total. The standard InChI is InChI=1S/C14H9N3O3/c18-17(19)10-5-7-11(8-6-10)20-14-12-3-1-2-4-13(12)15-9-16-14/h1-9H. The van der Waals surface area contributed by atoms with Crippen LogP contribution in [-0.4, -0.2) is 14.9 Å². The second kappa shape index (κ2) is 4.93. The van der Waals surface area contributed by atoms with Crippen LogP contribution < -0.4 is 4.74 Å². The fourth-order valence-electron chi connectivity index (χ4n) is 1.81. The van der Waals surface area contributed by atoms with Crippen LogP contribution in [0.4, 0.5) is 5.69 Å². The molecule has 0 radical (unpaired) electrons. The number of hydrogen-bond acceptors (Lipinski definition) is 5. The minimum absolute atomic E-state index is 0.0184. The molecule has 0 bridgehead atoms. The van der Waals surface area contributed by atoms with Crippen LogP contribution >= 0.6 is 0 Å². The molecule has 3 rings (SSSR count). The number of rotatable bonds is 3. The van der Waals surface area contributed by atoms with Gasteiger partial charge in [0.15, 0.2) is 0 Å². The molecule has 0 N–H and O–H groups in total. The topological polar surface area (TPSA) is 78.2 Å². The van der Waals surface area contributed by atoms with Gasteiger partial charge < -0.3 is 4.74 Å². The Hall–Kier alpha value is -3.02. The lowest BCUT2D eigenvalue weighted by atomic mass is 10.2. The fraction of sp³-hybridized carbons (Fsp3) is 0. The van der Waals surface area contributed by atoms with E-state index in [9.17, 15) is 10.1 Å². The maximum atomic E-state index is 10.6. The van der Waals surface area contributed by atoms with Gasteiger partial charge in [0.25, 0.3) is 5.69 Å². The van der Waals surface area contributed by atoms with Gasteiger partial charge >= 0.3 is 0 Å². The van der Waals surface area contributed by atoms with E-state index in [1.807, 2.05) is 24.3 Å². The van der Waals surface area contributed by atoms with Crippen LogP contribution in [0.1, 0.15) is 0 Å². The van der Waals surface area contributed by atoms with Crippen LogP contribution in [0.25, 0.3) is 10.9 Å². The van der Waals surface area contributed by atoms with Crippen molar-refractivity contribution < 1.29 is 9.66 Å². The molecule has 0 spiro atoms. The molecule has 2 aromatic carbocycles. The highest BCUT2D eigenvalue weighted by molar-refractivity contribution is 5.83. The zero-order chi connectivity index (χ0) is 13.9. The summed E-state index contributed by atoms with van der Waals surface area (Å²) in [7, 11) is 0. The van der Waals surface area contributed by atoms with Gasteiger partial charge in [-0.3, -0.25) is 10.1 Å². The Morgan fingerprint density at radius 2 is 1.75 bits per heavy atom. The second-order valence-electron chi connectivity index (χ2n) is 4.05. The molecule has 0 saturated carbocycles. The Labute approximate surface area is 113 Å². The summed E-state index contributed by atoms with van der Waals surface area (Å²) < 4.78 is 5.65. The zero-order valence-corrected chi connectivity index (χ0v) is 10.3. The third kappa shape index (κ3) is 2.26. The Morgan fingerprint density at radius 3 is 2.50 bits per heavy atom. The first-order valence-corrected chi connectivity index (χ1v) is 5.86. The number of ether oxygens (including phenoxy) is 1. The SMILES string of the molecule is O=[N+]([O-])c1ccc(Oc2ncnc3ccccc23)cc1. The van der Waals surface area contributed by atoms with Gasteiger partial charge in [-0.25, -0.2) is 9.97 Å². The van der Waals surface area contributed by atoms with Gasteiger partial charge in [-0.15, -0.1) is 0 Å². The summed E-state index contributed by atoms with van der Waals surface area (Å²) in [5, 5.41) is 11.4. The molecule has 3 aromatic rings. The van der Waals surface area contributed by atoms with Crippen molar-refractivity contribution in [1.82, 2.24) is 9.97 Å². The molecule has 0 aliphatic carbocycles. The van der Waals surface area contributed by atoms with Gasteiger partial charge in [0, 0.05) is 12.1 Å². The average Bonchev–Trinajstić information content (AvgIpc) is 2.48. The Morgan fingerprint density at radius 1 is 1.00 bits per heavy atom. The highest BCUT2D eigenvalue weighted by atomic mass is 16.6. The summed E-state index contributed by atoms with van der Waals surface area (Å²) in [4.78, 5) is 18.4. The minimum Gasteiger partial charge on any atom is -0.438 e. The number of benzene rings is 2. The molecule has 0 saturated heterocycles. The molecule has 0 unspecified atom stereocenters. The lowest BCUT2D eigenvalue weighted by Crippen LogP contribution is -1.92. The van der Waals surface area contributed by atoms with Crippen LogP contribution in [0.5, 0.6) is 11.6 Å². The Kier molecular flexibility index (Phi) is 2.96. The third-order valence-corrected chi connectivity index (χ3v) is 2.77.